The van der Waals surface area contributed by atoms with Crippen LogP contribution in [0.3, 0.4) is 0 Å². The molecule has 9 N–H and O–H groups in total. The number of guanidine groups is 1. The number of benzene rings is 1. The number of aliphatic imine (C=N–C) groups is 1. The fraction of sp³-hybridized carbons (Fsp3) is 0.316. The standard InChI is InChI=1S/C19H25Cl2N9O2/c20-14-16(24)28-15(23)13(27-14)17(31)29-19(25)26-9-2-1-3-11-4-6-12(7-5-11)18(32)30(21)10-8-22/h4-7H,1-3,8-10,22H2,(H4,23,24,28)(H3,25,26,29,31). The van der Waals surface area contributed by atoms with Gasteiger partial charge >= 0.3 is 0 Å². The number of nitrogens with two attached hydrogens (primary N) is 4. The van der Waals surface area contributed by atoms with Gasteiger partial charge in [-0.1, -0.05) is 23.7 Å². The molecule has 0 fully saturated rings. The molecule has 1 aromatic heterocycles. The van der Waals surface area contributed by atoms with E-state index in [0.29, 0.717) is 18.7 Å². The molecule has 32 heavy (non-hydrogen) atoms. The van der Waals surface area contributed by atoms with Gasteiger partial charge in [0.1, 0.15) is 0 Å². The Morgan fingerprint density at radius 3 is 2.44 bits per heavy atom. The SMILES string of the molecule is NCCN(Cl)C(=O)c1ccc(CCCCN=C(N)NC(=O)c2nc(Cl)c(N)nc2N)cc1. The highest BCUT2D eigenvalue weighted by Gasteiger charge is 2.16. The minimum absolute atomic E-state index is 0.0730. The van der Waals surface area contributed by atoms with Crippen LogP contribution in [0.15, 0.2) is 29.3 Å². The lowest BCUT2D eigenvalue weighted by atomic mass is 10.1. The zero-order valence-corrected chi connectivity index (χ0v) is 18.7. The molecule has 11 nitrogen and oxygen atoms in total. The summed E-state index contributed by atoms with van der Waals surface area (Å²) in [5.74, 6) is -1.28. The molecule has 0 aliphatic heterocycles. The lowest BCUT2D eigenvalue weighted by molar-refractivity contribution is 0.0865. The Balaban J connectivity index is 1.77. The zero-order chi connectivity index (χ0) is 23.7. The Labute approximate surface area is 195 Å². The molecule has 1 heterocycles. The molecule has 2 rings (SSSR count). The molecule has 2 aromatic rings. The van der Waals surface area contributed by atoms with Gasteiger partial charge in [0, 0.05) is 30.4 Å². The number of carbonyl (C=O) groups excluding carboxylic acids is 2. The molecular weight excluding hydrogens is 457 g/mol. The molecule has 0 saturated heterocycles. The summed E-state index contributed by atoms with van der Waals surface area (Å²) in [7, 11) is 0. The molecule has 1 aromatic carbocycles. The average molecular weight is 482 g/mol. The minimum Gasteiger partial charge on any atom is -0.382 e. The van der Waals surface area contributed by atoms with E-state index in [9.17, 15) is 9.59 Å². The second-order valence-corrected chi connectivity index (χ2v) is 7.45. The molecule has 0 saturated carbocycles. The van der Waals surface area contributed by atoms with Crippen LogP contribution in [0.25, 0.3) is 0 Å². The van der Waals surface area contributed by atoms with Gasteiger partial charge in [0.15, 0.2) is 28.4 Å². The number of halogens is 2. The number of anilines is 2. The molecule has 0 spiro atoms. The summed E-state index contributed by atoms with van der Waals surface area (Å²) in [5, 5.41) is 2.25. The first-order valence-corrected chi connectivity index (χ1v) is 10.4. The van der Waals surface area contributed by atoms with Crippen LogP contribution in [0.1, 0.15) is 39.3 Å². The Hall–Kier alpha value is -3.15. The number of nitrogens with one attached hydrogen (secondary N) is 1. The van der Waals surface area contributed by atoms with E-state index in [-0.39, 0.29) is 40.9 Å². The van der Waals surface area contributed by atoms with E-state index in [1.807, 2.05) is 12.1 Å². The van der Waals surface area contributed by atoms with Gasteiger partial charge in [-0.3, -0.25) is 19.9 Å². The zero-order valence-electron chi connectivity index (χ0n) is 17.2. The number of unbranched alkanes of at least 4 members (excludes halogenated alkanes) is 1. The molecule has 0 aliphatic carbocycles. The van der Waals surface area contributed by atoms with Gasteiger partial charge in [-0.05, 0) is 37.0 Å². The van der Waals surface area contributed by atoms with Crippen molar-refractivity contribution in [3.05, 3.63) is 46.2 Å². The van der Waals surface area contributed by atoms with Crippen molar-refractivity contribution in [1.82, 2.24) is 19.7 Å². The summed E-state index contributed by atoms with van der Waals surface area (Å²) >= 11 is 11.6. The van der Waals surface area contributed by atoms with Crippen LogP contribution < -0.4 is 28.3 Å². The van der Waals surface area contributed by atoms with Gasteiger partial charge in [-0.25, -0.2) is 14.4 Å². The van der Waals surface area contributed by atoms with Crippen molar-refractivity contribution >= 4 is 52.8 Å². The normalized spacial score (nSPS) is 11.3. The number of aryl methyl sites for hydroxylation is 1. The molecule has 13 heteroatoms. The van der Waals surface area contributed by atoms with E-state index >= 15 is 0 Å². The van der Waals surface area contributed by atoms with Crippen LogP contribution in [0, 0.1) is 0 Å². The first-order chi connectivity index (χ1) is 15.2. The van der Waals surface area contributed by atoms with E-state index in [1.54, 1.807) is 12.1 Å². The van der Waals surface area contributed by atoms with E-state index < -0.39 is 5.91 Å². The monoisotopic (exact) mass is 481 g/mol. The highest BCUT2D eigenvalue weighted by molar-refractivity contribution is 6.31. The number of rotatable bonds is 9. The number of hydrogen-bond acceptors (Lipinski definition) is 8. The lowest BCUT2D eigenvalue weighted by Crippen LogP contribution is -2.38. The van der Waals surface area contributed by atoms with E-state index in [4.69, 9.17) is 46.3 Å². The fourth-order valence-electron chi connectivity index (χ4n) is 2.63. The largest absolute Gasteiger partial charge is 0.382 e. The topological polar surface area (TPSA) is 192 Å². The number of nitrogens with zero attached hydrogens (tertiary/aromatic N) is 4. The van der Waals surface area contributed by atoms with Crippen molar-refractivity contribution in [3.63, 3.8) is 0 Å². The first kappa shape index (κ1) is 25.1. The van der Waals surface area contributed by atoms with Crippen molar-refractivity contribution in [3.8, 4) is 0 Å². The number of amides is 2. The third-order valence-corrected chi connectivity index (χ3v) is 4.86. The Morgan fingerprint density at radius 1 is 1.09 bits per heavy atom. The van der Waals surface area contributed by atoms with Crippen LogP contribution in [0.5, 0.6) is 0 Å². The summed E-state index contributed by atoms with van der Waals surface area (Å²) in [6.45, 7) is 0.981. The summed E-state index contributed by atoms with van der Waals surface area (Å²) in [6, 6.07) is 7.21. The molecule has 172 valence electrons. The van der Waals surface area contributed by atoms with Crippen molar-refractivity contribution in [1.29, 1.82) is 0 Å². The minimum atomic E-state index is -0.685. The van der Waals surface area contributed by atoms with Crippen molar-refractivity contribution in [2.75, 3.05) is 31.1 Å². The molecule has 0 aliphatic rings. The van der Waals surface area contributed by atoms with Crippen LogP contribution in [-0.2, 0) is 6.42 Å². The number of hydrogen-bond donors (Lipinski definition) is 5. The number of nitrogen functional groups attached to an aromatic ring is 2. The Morgan fingerprint density at radius 2 is 1.78 bits per heavy atom. The molecule has 0 unspecified atom stereocenters. The van der Waals surface area contributed by atoms with Gasteiger partial charge in [0.2, 0.25) is 0 Å². The van der Waals surface area contributed by atoms with Crippen molar-refractivity contribution in [2.45, 2.75) is 19.3 Å². The van der Waals surface area contributed by atoms with E-state index in [2.05, 4.69) is 20.3 Å². The Bertz CT molecular complexity index is 984. The van der Waals surface area contributed by atoms with Gasteiger partial charge in [0.05, 0.1) is 6.54 Å². The summed E-state index contributed by atoms with van der Waals surface area (Å²) in [5.41, 5.74) is 23.6. The lowest BCUT2D eigenvalue weighted by Gasteiger charge is -2.12. The molecule has 0 radical (unpaired) electrons. The average Bonchev–Trinajstić information content (AvgIpc) is 2.76. The molecule has 0 atom stereocenters. The van der Waals surface area contributed by atoms with Gasteiger partial charge in [-0.15, -0.1) is 0 Å². The molecule has 0 bridgehead atoms. The van der Waals surface area contributed by atoms with Crippen molar-refractivity contribution in [2.24, 2.45) is 16.5 Å². The summed E-state index contributed by atoms with van der Waals surface area (Å²) in [6.07, 6.45) is 2.36. The highest BCUT2D eigenvalue weighted by atomic mass is 35.5. The number of aromatic nitrogens is 2. The van der Waals surface area contributed by atoms with Crippen molar-refractivity contribution < 1.29 is 9.59 Å². The smallest absolute Gasteiger partial charge is 0.280 e. The molecule has 2 amide bonds. The second kappa shape index (κ2) is 12.0. The van der Waals surface area contributed by atoms with Gasteiger partial charge in [0.25, 0.3) is 11.8 Å². The van der Waals surface area contributed by atoms with Crippen LogP contribution in [0.2, 0.25) is 5.15 Å². The third kappa shape index (κ3) is 7.22. The fourth-order valence-corrected chi connectivity index (χ4v) is 2.96. The van der Waals surface area contributed by atoms with E-state index in [1.165, 1.54) is 0 Å². The van der Waals surface area contributed by atoms with Gasteiger partial charge in [-0.2, -0.15) is 0 Å². The van der Waals surface area contributed by atoms with Crippen LogP contribution in [0.4, 0.5) is 11.6 Å². The summed E-state index contributed by atoms with van der Waals surface area (Å²) < 4.78 is 1.07. The van der Waals surface area contributed by atoms with E-state index in [0.717, 1.165) is 29.2 Å². The third-order valence-electron chi connectivity index (χ3n) is 4.26. The number of carbonyl (C=O) groups is 2. The first-order valence-electron chi connectivity index (χ1n) is 9.69. The van der Waals surface area contributed by atoms with Crippen LogP contribution >= 0.6 is 23.4 Å². The maximum absolute atomic E-state index is 12.2. The molecular formula is C19H25Cl2N9O2. The summed E-state index contributed by atoms with van der Waals surface area (Å²) in [4.78, 5) is 35.9. The predicted molar refractivity (Wildman–Crippen MR) is 125 cm³/mol. The maximum Gasteiger partial charge on any atom is 0.280 e. The van der Waals surface area contributed by atoms with Crippen LogP contribution in [-0.4, -0.2) is 51.8 Å². The highest BCUT2D eigenvalue weighted by Crippen LogP contribution is 2.17. The predicted octanol–water partition coefficient (Wildman–Crippen LogP) is 0.917. The quantitative estimate of drug-likeness (QED) is 0.151. The maximum atomic E-state index is 12.2. The van der Waals surface area contributed by atoms with Gasteiger partial charge < -0.3 is 22.9 Å². The Kier molecular flexibility index (Phi) is 9.44. The second-order valence-electron chi connectivity index (χ2n) is 6.69.